The first-order valence-electron chi connectivity index (χ1n) is 8.78. The zero-order valence-corrected chi connectivity index (χ0v) is 15.9. The van der Waals surface area contributed by atoms with Crippen molar-refractivity contribution >= 4 is 34.8 Å². The minimum Gasteiger partial charge on any atom is -0.495 e. The number of halogens is 1. The molecule has 142 valence electrons. The zero-order valence-electron chi connectivity index (χ0n) is 15.2. The third kappa shape index (κ3) is 4.92. The van der Waals surface area contributed by atoms with Crippen LogP contribution >= 0.6 is 11.6 Å². The van der Waals surface area contributed by atoms with Gasteiger partial charge in [-0.25, -0.2) is 0 Å². The van der Waals surface area contributed by atoms with Gasteiger partial charge in [0.1, 0.15) is 12.2 Å². The number of hydrogen-bond acceptors (Lipinski definition) is 4. The molecule has 1 fully saturated rings. The number of carbonyl (C=O) groups excluding carboxylic acids is 2. The molecule has 1 saturated heterocycles. The standard InChI is InChI=1S/C20H22ClN3O3/c1-27-18-8-7-15(21)13-17(18)22-19(25)14-20(26)24-11-9-23(10-12-24)16-5-3-2-4-6-16/h2-8,13H,9-12,14H2,1H3,(H,22,25). The maximum Gasteiger partial charge on any atom is 0.233 e. The lowest BCUT2D eigenvalue weighted by molar-refractivity contribution is -0.134. The number of nitrogens with zero attached hydrogens (tertiary/aromatic N) is 2. The Hall–Kier alpha value is -2.73. The summed E-state index contributed by atoms with van der Waals surface area (Å²) >= 11 is 5.96. The van der Waals surface area contributed by atoms with Crippen LogP contribution in [0.25, 0.3) is 0 Å². The van der Waals surface area contributed by atoms with Crippen LogP contribution in [0.2, 0.25) is 5.02 Å². The van der Waals surface area contributed by atoms with E-state index in [1.807, 2.05) is 18.2 Å². The van der Waals surface area contributed by atoms with Crippen molar-refractivity contribution in [3.05, 3.63) is 53.6 Å². The highest BCUT2D eigenvalue weighted by atomic mass is 35.5. The molecular weight excluding hydrogens is 366 g/mol. The highest BCUT2D eigenvalue weighted by molar-refractivity contribution is 6.31. The zero-order chi connectivity index (χ0) is 19.2. The molecule has 2 aromatic rings. The Bertz CT molecular complexity index is 805. The van der Waals surface area contributed by atoms with Crippen LogP contribution in [0.1, 0.15) is 6.42 Å². The van der Waals surface area contributed by atoms with Gasteiger partial charge in [-0.1, -0.05) is 29.8 Å². The average molecular weight is 388 g/mol. The van der Waals surface area contributed by atoms with Gasteiger partial charge in [0.2, 0.25) is 11.8 Å². The number of anilines is 2. The van der Waals surface area contributed by atoms with E-state index in [1.165, 1.54) is 7.11 Å². The number of carbonyl (C=O) groups is 2. The normalized spacial score (nSPS) is 14.0. The molecule has 0 unspecified atom stereocenters. The minimum absolute atomic E-state index is 0.179. The van der Waals surface area contributed by atoms with Gasteiger partial charge in [0.25, 0.3) is 0 Å². The summed E-state index contributed by atoms with van der Waals surface area (Å²) < 4.78 is 5.20. The average Bonchev–Trinajstić information content (AvgIpc) is 2.69. The Kier molecular flexibility index (Phi) is 6.19. The topological polar surface area (TPSA) is 61.9 Å². The maximum absolute atomic E-state index is 12.5. The summed E-state index contributed by atoms with van der Waals surface area (Å²) in [7, 11) is 1.51. The Morgan fingerprint density at radius 1 is 1.07 bits per heavy atom. The van der Waals surface area contributed by atoms with E-state index in [0.29, 0.717) is 29.5 Å². The third-order valence-corrected chi connectivity index (χ3v) is 4.74. The van der Waals surface area contributed by atoms with E-state index in [0.717, 1.165) is 18.8 Å². The van der Waals surface area contributed by atoms with E-state index in [1.54, 1.807) is 23.1 Å². The van der Waals surface area contributed by atoms with Crippen molar-refractivity contribution in [3.63, 3.8) is 0 Å². The van der Waals surface area contributed by atoms with Crippen LogP contribution in [0.3, 0.4) is 0 Å². The Morgan fingerprint density at radius 2 is 1.78 bits per heavy atom. The van der Waals surface area contributed by atoms with Gasteiger partial charge in [-0.15, -0.1) is 0 Å². The molecule has 1 heterocycles. The number of piperazine rings is 1. The van der Waals surface area contributed by atoms with Gasteiger partial charge in [-0.05, 0) is 30.3 Å². The molecule has 0 aromatic heterocycles. The van der Waals surface area contributed by atoms with E-state index in [-0.39, 0.29) is 18.2 Å². The van der Waals surface area contributed by atoms with Crippen LogP contribution in [0.15, 0.2) is 48.5 Å². The van der Waals surface area contributed by atoms with E-state index >= 15 is 0 Å². The summed E-state index contributed by atoms with van der Waals surface area (Å²) in [5.41, 5.74) is 1.60. The number of rotatable bonds is 5. The molecule has 1 N–H and O–H groups in total. The fraction of sp³-hybridized carbons (Fsp3) is 0.300. The molecule has 6 nitrogen and oxygen atoms in total. The van der Waals surface area contributed by atoms with Crippen molar-refractivity contribution in [1.82, 2.24) is 4.90 Å². The molecule has 0 aliphatic carbocycles. The molecule has 2 amide bonds. The lowest BCUT2D eigenvalue weighted by Gasteiger charge is -2.36. The third-order valence-electron chi connectivity index (χ3n) is 4.50. The number of benzene rings is 2. The Morgan fingerprint density at radius 3 is 2.44 bits per heavy atom. The monoisotopic (exact) mass is 387 g/mol. The predicted octanol–water partition coefficient (Wildman–Crippen LogP) is 3.03. The van der Waals surface area contributed by atoms with Gasteiger partial charge in [0, 0.05) is 36.9 Å². The molecule has 3 rings (SSSR count). The maximum atomic E-state index is 12.5. The summed E-state index contributed by atoms with van der Waals surface area (Å²) in [4.78, 5) is 28.7. The molecule has 27 heavy (non-hydrogen) atoms. The van der Waals surface area contributed by atoms with Gasteiger partial charge in [-0.3, -0.25) is 9.59 Å². The predicted molar refractivity (Wildman–Crippen MR) is 106 cm³/mol. The van der Waals surface area contributed by atoms with Crippen LogP contribution < -0.4 is 15.0 Å². The van der Waals surface area contributed by atoms with E-state index in [9.17, 15) is 9.59 Å². The molecule has 1 aliphatic heterocycles. The summed E-state index contributed by atoms with van der Waals surface area (Å²) in [6, 6.07) is 15.0. The summed E-state index contributed by atoms with van der Waals surface area (Å²) in [5, 5.41) is 3.18. The van der Waals surface area contributed by atoms with E-state index in [4.69, 9.17) is 16.3 Å². The molecule has 0 atom stereocenters. The van der Waals surface area contributed by atoms with Gasteiger partial charge >= 0.3 is 0 Å². The van der Waals surface area contributed by atoms with E-state index < -0.39 is 0 Å². The number of nitrogens with one attached hydrogen (secondary N) is 1. The van der Waals surface area contributed by atoms with Crippen LogP contribution in [-0.2, 0) is 9.59 Å². The van der Waals surface area contributed by atoms with Crippen molar-refractivity contribution in [3.8, 4) is 5.75 Å². The molecule has 0 spiro atoms. The second-order valence-corrected chi connectivity index (χ2v) is 6.71. The SMILES string of the molecule is COc1ccc(Cl)cc1NC(=O)CC(=O)N1CCN(c2ccccc2)CC1. The quantitative estimate of drug-likeness (QED) is 0.801. The molecule has 0 saturated carbocycles. The lowest BCUT2D eigenvalue weighted by atomic mass is 10.2. The Balaban J connectivity index is 1.52. The molecule has 2 aromatic carbocycles. The first kappa shape index (κ1) is 19.0. The van der Waals surface area contributed by atoms with Crippen molar-refractivity contribution in [1.29, 1.82) is 0 Å². The number of hydrogen-bond donors (Lipinski definition) is 1. The summed E-state index contributed by atoms with van der Waals surface area (Å²) in [6.45, 7) is 2.70. The minimum atomic E-state index is -0.383. The second-order valence-electron chi connectivity index (χ2n) is 6.27. The van der Waals surface area contributed by atoms with Crippen molar-refractivity contribution in [2.24, 2.45) is 0 Å². The van der Waals surface area contributed by atoms with Gasteiger partial charge in [0.05, 0.1) is 12.8 Å². The fourth-order valence-electron chi connectivity index (χ4n) is 3.07. The smallest absolute Gasteiger partial charge is 0.233 e. The van der Waals surface area contributed by atoms with Crippen LogP contribution in [-0.4, -0.2) is 50.0 Å². The number of ether oxygens (including phenoxy) is 1. The highest BCUT2D eigenvalue weighted by Gasteiger charge is 2.23. The number of methoxy groups -OCH3 is 1. The molecule has 0 radical (unpaired) electrons. The molecule has 7 heteroatoms. The van der Waals surface area contributed by atoms with Gasteiger partial charge < -0.3 is 19.9 Å². The first-order valence-corrected chi connectivity index (χ1v) is 9.16. The van der Waals surface area contributed by atoms with Crippen LogP contribution in [0.4, 0.5) is 11.4 Å². The Labute approximate surface area is 163 Å². The van der Waals surface area contributed by atoms with Crippen molar-refractivity contribution < 1.29 is 14.3 Å². The largest absolute Gasteiger partial charge is 0.495 e. The molecular formula is C20H22ClN3O3. The lowest BCUT2D eigenvalue weighted by Crippen LogP contribution is -2.49. The van der Waals surface area contributed by atoms with Crippen molar-refractivity contribution in [2.45, 2.75) is 6.42 Å². The fourth-order valence-corrected chi connectivity index (χ4v) is 3.25. The van der Waals surface area contributed by atoms with Crippen molar-refractivity contribution in [2.75, 3.05) is 43.5 Å². The first-order chi connectivity index (χ1) is 13.1. The van der Waals surface area contributed by atoms with Gasteiger partial charge in [-0.2, -0.15) is 0 Å². The second kappa shape index (κ2) is 8.77. The highest BCUT2D eigenvalue weighted by Crippen LogP contribution is 2.27. The van der Waals surface area contributed by atoms with E-state index in [2.05, 4.69) is 22.3 Å². The summed E-state index contributed by atoms with van der Waals surface area (Å²) in [6.07, 6.45) is -0.207. The number of amides is 2. The molecule has 0 bridgehead atoms. The van der Waals surface area contributed by atoms with Crippen LogP contribution in [0.5, 0.6) is 5.75 Å². The number of para-hydroxylation sites is 1. The summed E-state index contributed by atoms with van der Waals surface area (Å²) in [5.74, 6) is -0.0658. The molecule has 1 aliphatic rings. The van der Waals surface area contributed by atoms with Gasteiger partial charge in [0.15, 0.2) is 0 Å². The van der Waals surface area contributed by atoms with Crippen LogP contribution in [0, 0.1) is 0 Å².